The van der Waals surface area contributed by atoms with Gasteiger partial charge < -0.3 is 20.3 Å². The summed E-state index contributed by atoms with van der Waals surface area (Å²) in [5, 5.41) is 6.70. The molecule has 3 aromatic heterocycles. The second-order valence-corrected chi connectivity index (χ2v) is 8.52. The van der Waals surface area contributed by atoms with Crippen molar-refractivity contribution in [2.24, 2.45) is 0 Å². The molecule has 2 aliphatic rings. The van der Waals surface area contributed by atoms with Crippen molar-refractivity contribution < 1.29 is 4.74 Å². The van der Waals surface area contributed by atoms with Crippen LogP contribution in [0.15, 0.2) is 30.7 Å². The molecule has 2 aliphatic heterocycles. The highest BCUT2D eigenvalue weighted by atomic mass is 32.2. The first-order valence-electron chi connectivity index (χ1n) is 10.4. The number of rotatable bonds is 5. The third kappa shape index (κ3) is 4.10. The van der Waals surface area contributed by atoms with Crippen LogP contribution in [0.3, 0.4) is 0 Å². The molecule has 3 aromatic rings. The van der Waals surface area contributed by atoms with Gasteiger partial charge in [-0.25, -0.2) is 15.0 Å². The van der Waals surface area contributed by atoms with E-state index in [1.165, 1.54) is 5.56 Å². The molecule has 0 atom stereocenters. The normalized spacial score (nSPS) is 14.8. The molecule has 0 saturated carbocycles. The molecule has 8 nitrogen and oxygen atoms in total. The number of fused-ring (bicyclic) bond motifs is 2. The number of aromatic nitrogens is 4. The van der Waals surface area contributed by atoms with Crippen molar-refractivity contribution in [2.45, 2.75) is 25.6 Å². The maximum absolute atomic E-state index is 5.67. The summed E-state index contributed by atoms with van der Waals surface area (Å²) in [6.45, 7) is 5.20. The summed E-state index contributed by atoms with van der Waals surface area (Å²) in [6, 6.07) is 4.05. The van der Waals surface area contributed by atoms with Crippen LogP contribution in [-0.4, -0.2) is 45.9 Å². The molecule has 0 fully saturated rings. The molecule has 2 N–H and O–H groups in total. The molecule has 9 heteroatoms. The Morgan fingerprint density at radius 2 is 2.13 bits per heavy atom. The lowest BCUT2D eigenvalue weighted by Crippen LogP contribution is -2.32. The van der Waals surface area contributed by atoms with Gasteiger partial charge in [-0.2, -0.15) is 11.8 Å². The second-order valence-electron chi connectivity index (χ2n) is 7.66. The van der Waals surface area contributed by atoms with Crippen molar-refractivity contribution in [1.82, 2.24) is 19.9 Å². The number of pyridine rings is 2. The fraction of sp³-hybridized carbons (Fsp3) is 0.364. The Balaban J connectivity index is 1.35. The summed E-state index contributed by atoms with van der Waals surface area (Å²) < 4.78 is 5.67. The van der Waals surface area contributed by atoms with Gasteiger partial charge in [0.2, 0.25) is 11.8 Å². The van der Waals surface area contributed by atoms with E-state index in [2.05, 4.69) is 43.7 Å². The predicted molar refractivity (Wildman–Crippen MR) is 124 cm³/mol. The zero-order chi connectivity index (χ0) is 21.2. The van der Waals surface area contributed by atoms with Crippen molar-refractivity contribution in [3.8, 4) is 5.88 Å². The first-order chi connectivity index (χ1) is 15.2. The van der Waals surface area contributed by atoms with Gasteiger partial charge in [-0.05, 0) is 37.3 Å². The lowest BCUT2D eigenvalue weighted by atomic mass is 10.0. The Hall–Kier alpha value is -3.07. The molecule has 0 amide bonds. The highest BCUT2D eigenvalue weighted by molar-refractivity contribution is 7.97. The van der Waals surface area contributed by atoms with Gasteiger partial charge in [-0.1, -0.05) is 0 Å². The van der Waals surface area contributed by atoms with Gasteiger partial charge in [0, 0.05) is 30.6 Å². The van der Waals surface area contributed by atoms with Crippen LogP contribution in [-0.2, 0) is 18.7 Å². The van der Waals surface area contributed by atoms with Crippen LogP contribution in [0, 0.1) is 6.92 Å². The van der Waals surface area contributed by atoms with Gasteiger partial charge >= 0.3 is 0 Å². The van der Waals surface area contributed by atoms with E-state index in [0.29, 0.717) is 18.4 Å². The third-order valence-electron chi connectivity index (χ3n) is 5.58. The topological polar surface area (TPSA) is 88.1 Å². The number of thioether (sulfide) groups is 1. The predicted octanol–water partition coefficient (Wildman–Crippen LogP) is 3.55. The fourth-order valence-corrected chi connectivity index (χ4v) is 4.43. The molecular weight excluding hydrogens is 410 g/mol. The highest BCUT2D eigenvalue weighted by Gasteiger charge is 2.24. The van der Waals surface area contributed by atoms with Gasteiger partial charge in [0.05, 0.1) is 41.7 Å². The Bertz CT molecular complexity index is 1090. The summed E-state index contributed by atoms with van der Waals surface area (Å²) >= 11 is 1.76. The van der Waals surface area contributed by atoms with E-state index in [1.807, 2.05) is 30.7 Å². The van der Waals surface area contributed by atoms with E-state index in [1.54, 1.807) is 11.8 Å². The molecule has 0 spiro atoms. The van der Waals surface area contributed by atoms with Gasteiger partial charge in [-0.3, -0.25) is 4.98 Å². The first kappa shape index (κ1) is 19.9. The Morgan fingerprint density at radius 3 is 2.97 bits per heavy atom. The largest absolute Gasteiger partial charge is 0.474 e. The number of anilines is 4. The van der Waals surface area contributed by atoms with E-state index in [9.17, 15) is 0 Å². The van der Waals surface area contributed by atoms with E-state index in [0.717, 1.165) is 65.8 Å². The van der Waals surface area contributed by atoms with Crippen molar-refractivity contribution in [2.75, 3.05) is 41.5 Å². The first-order valence-corrected chi connectivity index (χ1v) is 11.8. The van der Waals surface area contributed by atoms with Crippen LogP contribution in [0.2, 0.25) is 0 Å². The van der Waals surface area contributed by atoms with E-state index in [-0.39, 0.29) is 0 Å². The average Bonchev–Trinajstić information content (AvgIpc) is 2.80. The molecule has 31 heavy (non-hydrogen) atoms. The molecule has 0 saturated heterocycles. The number of nitrogens with zero attached hydrogens (tertiary/aromatic N) is 5. The quantitative estimate of drug-likeness (QED) is 0.624. The van der Waals surface area contributed by atoms with E-state index >= 15 is 0 Å². The standard InChI is InChI=1S/C22H25N7OS/c1-14-19(11-25-21-20(14)23-6-8-30-21)29-7-5-15-9-26-22(28-18(15)12-29)27-16-3-4-17(13-31-2)24-10-16/h3-4,9-11,23H,5-8,12-13H2,1-2H3,(H,26,27,28). The van der Waals surface area contributed by atoms with E-state index < -0.39 is 0 Å². The Labute approximate surface area is 185 Å². The van der Waals surface area contributed by atoms with Gasteiger partial charge in [0.15, 0.2) is 0 Å². The maximum Gasteiger partial charge on any atom is 0.237 e. The van der Waals surface area contributed by atoms with Gasteiger partial charge in [0.25, 0.3) is 0 Å². The molecule has 5 heterocycles. The zero-order valence-corrected chi connectivity index (χ0v) is 18.5. The van der Waals surface area contributed by atoms with E-state index in [4.69, 9.17) is 9.72 Å². The number of hydrogen-bond donors (Lipinski definition) is 2. The third-order valence-corrected chi connectivity index (χ3v) is 6.16. The molecule has 5 rings (SSSR count). The van der Waals surface area contributed by atoms with Crippen LogP contribution in [0.25, 0.3) is 0 Å². The fourth-order valence-electron chi connectivity index (χ4n) is 3.96. The van der Waals surface area contributed by atoms with Crippen molar-refractivity contribution in [3.05, 3.63) is 53.2 Å². The summed E-state index contributed by atoms with van der Waals surface area (Å²) in [5.41, 5.74) is 7.46. The molecule has 0 unspecified atom stereocenters. The summed E-state index contributed by atoms with van der Waals surface area (Å²) in [4.78, 5) is 20.6. The van der Waals surface area contributed by atoms with Crippen molar-refractivity contribution in [1.29, 1.82) is 0 Å². The number of ether oxygens (including phenoxy) is 1. The molecule has 0 bridgehead atoms. The second kappa shape index (κ2) is 8.58. The lowest BCUT2D eigenvalue weighted by molar-refractivity contribution is 0.310. The zero-order valence-electron chi connectivity index (χ0n) is 17.7. The van der Waals surface area contributed by atoms with Crippen molar-refractivity contribution >= 4 is 34.8 Å². The number of hydrogen-bond acceptors (Lipinski definition) is 9. The Morgan fingerprint density at radius 1 is 1.19 bits per heavy atom. The van der Waals surface area contributed by atoms with Crippen LogP contribution in [0.5, 0.6) is 5.88 Å². The minimum absolute atomic E-state index is 0.593. The van der Waals surface area contributed by atoms with Crippen LogP contribution in [0.1, 0.15) is 22.5 Å². The minimum atomic E-state index is 0.593. The summed E-state index contributed by atoms with van der Waals surface area (Å²) in [6.07, 6.45) is 8.65. The average molecular weight is 436 g/mol. The molecule has 0 aliphatic carbocycles. The molecular formula is C22H25N7OS. The molecule has 160 valence electrons. The van der Waals surface area contributed by atoms with Crippen LogP contribution >= 0.6 is 11.8 Å². The maximum atomic E-state index is 5.67. The van der Waals surface area contributed by atoms with Gasteiger partial charge in [-0.15, -0.1) is 0 Å². The Kier molecular flexibility index (Phi) is 5.50. The van der Waals surface area contributed by atoms with Crippen LogP contribution in [0.4, 0.5) is 23.0 Å². The van der Waals surface area contributed by atoms with Gasteiger partial charge in [0.1, 0.15) is 12.3 Å². The van der Waals surface area contributed by atoms with Crippen LogP contribution < -0.4 is 20.3 Å². The van der Waals surface area contributed by atoms with Crippen molar-refractivity contribution in [3.63, 3.8) is 0 Å². The monoisotopic (exact) mass is 435 g/mol. The summed E-state index contributed by atoms with van der Waals surface area (Å²) in [7, 11) is 0. The minimum Gasteiger partial charge on any atom is -0.474 e. The molecule has 0 radical (unpaired) electrons. The molecule has 0 aromatic carbocycles. The lowest BCUT2D eigenvalue weighted by Gasteiger charge is -2.32. The number of nitrogens with one attached hydrogen (secondary N) is 2. The SMILES string of the molecule is CSCc1ccc(Nc2ncc3c(n2)CN(c2cnc4c(c2C)NCCO4)CC3)cn1. The summed E-state index contributed by atoms with van der Waals surface area (Å²) in [5.74, 6) is 2.19. The smallest absolute Gasteiger partial charge is 0.237 e. The highest BCUT2D eigenvalue weighted by Crippen LogP contribution is 2.36.